The number of aromatic nitrogens is 1. The van der Waals surface area contributed by atoms with E-state index in [2.05, 4.69) is 58.0 Å². The van der Waals surface area contributed by atoms with E-state index in [9.17, 15) is 0 Å². The number of para-hydroxylation sites is 1. The Morgan fingerprint density at radius 2 is 1.67 bits per heavy atom. The van der Waals surface area contributed by atoms with Crippen molar-refractivity contribution in [2.24, 2.45) is 0 Å². The number of benzene rings is 2. The third-order valence-corrected chi connectivity index (χ3v) is 7.21. The molecule has 0 amide bonds. The summed E-state index contributed by atoms with van der Waals surface area (Å²) in [4.78, 5) is 4.11. The van der Waals surface area contributed by atoms with E-state index in [0.29, 0.717) is 0 Å². The summed E-state index contributed by atoms with van der Waals surface area (Å²) in [5.41, 5.74) is 5.89. The van der Waals surface area contributed by atoms with E-state index >= 15 is 0 Å². The molecule has 140 valence electrons. The fraction of sp³-hybridized carbons (Fsp3) is 0.417. The SMILES string of the molecule is c1ccc2c(c1)SCCc1c-2n(CCCN2CCCCC2)c2ccccc12. The summed E-state index contributed by atoms with van der Waals surface area (Å²) >= 11 is 2.01. The highest BCUT2D eigenvalue weighted by Gasteiger charge is 2.23. The van der Waals surface area contributed by atoms with Crippen molar-refractivity contribution in [1.29, 1.82) is 0 Å². The maximum absolute atomic E-state index is 2.66. The molecule has 3 heteroatoms. The van der Waals surface area contributed by atoms with Crippen molar-refractivity contribution in [3.05, 3.63) is 54.1 Å². The Morgan fingerprint density at radius 3 is 2.59 bits per heavy atom. The fourth-order valence-corrected chi connectivity index (χ4v) is 5.88. The number of piperidine rings is 1. The minimum Gasteiger partial charge on any atom is -0.340 e. The molecule has 5 rings (SSSR count). The Labute approximate surface area is 166 Å². The molecule has 1 aromatic heterocycles. The lowest BCUT2D eigenvalue weighted by atomic mass is 10.0. The molecule has 2 aromatic carbocycles. The van der Waals surface area contributed by atoms with Crippen LogP contribution in [0.3, 0.4) is 0 Å². The van der Waals surface area contributed by atoms with Gasteiger partial charge in [0.05, 0.1) is 5.69 Å². The van der Waals surface area contributed by atoms with E-state index in [1.54, 1.807) is 5.56 Å². The lowest BCUT2D eigenvalue weighted by Gasteiger charge is -2.26. The Kier molecular flexibility index (Phi) is 4.98. The van der Waals surface area contributed by atoms with Crippen molar-refractivity contribution >= 4 is 22.7 Å². The van der Waals surface area contributed by atoms with E-state index in [1.807, 2.05) is 11.8 Å². The topological polar surface area (TPSA) is 8.17 Å². The highest BCUT2D eigenvalue weighted by molar-refractivity contribution is 7.99. The molecular weight excluding hydrogens is 348 g/mol. The molecule has 1 fully saturated rings. The van der Waals surface area contributed by atoms with E-state index in [1.165, 1.54) is 78.1 Å². The van der Waals surface area contributed by atoms with E-state index in [-0.39, 0.29) is 0 Å². The van der Waals surface area contributed by atoms with Crippen LogP contribution in [0.1, 0.15) is 31.2 Å². The number of hydrogen-bond acceptors (Lipinski definition) is 2. The molecule has 0 atom stereocenters. The smallest absolute Gasteiger partial charge is 0.0535 e. The lowest BCUT2D eigenvalue weighted by molar-refractivity contribution is 0.223. The van der Waals surface area contributed by atoms with Crippen LogP contribution in [0.15, 0.2) is 53.4 Å². The van der Waals surface area contributed by atoms with Gasteiger partial charge in [-0.25, -0.2) is 0 Å². The summed E-state index contributed by atoms with van der Waals surface area (Å²) in [7, 11) is 0. The van der Waals surface area contributed by atoms with Crippen LogP contribution in [0.25, 0.3) is 22.2 Å². The second kappa shape index (κ2) is 7.73. The number of fused-ring (bicyclic) bond motifs is 5. The van der Waals surface area contributed by atoms with Gasteiger partial charge in [0, 0.05) is 33.7 Å². The van der Waals surface area contributed by atoms with Gasteiger partial charge in [-0.15, -0.1) is 11.8 Å². The molecule has 0 unspecified atom stereocenters. The fourth-order valence-electron chi connectivity index (χ4n) is 4.86. The second-order valence-corrected chi connectivity index (χ2v) is 8.98. The van der Waals surface area contributed by atoms with Crippen LogP contribution >= 0.6 is 11.8 Å². The van der Waals surface area contributed by atoms with Crippen molar-refractivity contribution in [3.8, 4) is 11.3 Å². The molecule has 0 bridgehead atoms. The summed E-state index contributed by atoms with van der Waals surface area (Å²) in [6.45, 7) is 4.94. The molecule has 2 aliphatic rings. The normalized spacial score (nSPS) is 17.5. The van der Waals surface area contributed by atoms with Gasteiger partial charge in [0.25, 0.3) is 0 Å². The molecule has 27 heavy (non-hydrogen) atoms. The van der Waals surface area contributed by atoms with Crippen LogP contribution in [0.2, 0.25) is 0 Å². The molecule has 0 saturated carbocycles. The molecule has 2 nitrogen and oxygen atoms in total. The molecule has 0 aliphatic carbocycles. The number of likely N-dealkylation sites (tertiary alicyclic amines) is 1. The van der Waals surface area contributed by atoms with Crippen molar-refractivity contribution in [2.45, 2.75) is 43.5 Å². The number of aryl methyl sites for hydroxylation is 2. The average molecular weight is 377 g/mol. The molecule has 2 aliphatic heterocycles. The van der Waals surface area contributed by atoms with Crippen LogP contribution in [-0.2, 0) is 13.0 Å². The van der Waals surface area contributed by atoms with Gasteiger partial charge in [-0.2, -0.15) is 0 Å². The number of hydrogen-bond donors (Lipinski definition) is 0. The zero-order valence-electron chi connectivity index (χ0n) is 16.0. The Morgan fingerprint density at radius 1 is 0.852 bits per heavy atom. The summed E-state index contributed by atoms with van der Waals surface area (Å²) in [6.07, 6.45) is 6.58. The highest BCUT2D eigenvalue weighted by atomic mass is 32.2. The first kappa shape index (κ1) is 17.4. The van der Waals surface area contributed by atoms with Crippen LogP contribution in [0.5, 0.6) is 0 Å². The summed E-state index contributed by atoms with van der Waals surface area (Å²) < 4.78 is 2.62. The number of rotatable bonds is 4. The zero-order valence-corrected chi connectivity index (χ0v) is 16.8. The Balaban J connectivity index is 1.53. The number of thioether (sulfide) groups is 1. The Hall–Kier alpha value is -1.71. The molecule has 0 radical (unpaired) electrons. The largest absolute Gasteiger partial charge is 0.340 e. The molecule has 0 spiro atoms. The van der Waals surface area contributed by atoms with Crippen LogP contribution in [0, 0.1) is 0 Å². The second-order valence-electron chi connectivity index (χ2n) is 7.85. The van der Waals surface area contributed by atoms with Crippen LogP contribution in [0.4, 0.5) is 0 Å². The monoisotopic (exact) mass is 376 g/mol. The first-order valence-electron chi connectivity index (χ1n) is 10.5. The summed E-state index contributed by atoms with van der Waals surface area (Å²) in [5, 5.41) is 1.46. The van der Waals surface area contributed by atoms with Crippen molar-refractivity contribution in [1.82, 2.24) is 9.47 Å². The first-order chi connectivity index (χ1) is 13.4. The van der Waals surface area contributed by atoms with Crippen LogP contribution < -0.4 is 0 Å². The van der Waals surface area contributed by atoms with Gasteiger partial charge < -0.3 is 9.47 Å². The lowest BCUT2D eigenvalue weighted by Crippen LogP contribution is -2.31. The maximum Gasteiger partial charge on any atom is 0.0535 e. The zero-order chi connectivity index (χ0) is 18.1. The molecular formula is C24H28N2S. The summed E-state index contributed by atoms with van der Waals surface area (Å²) in [6, 6.07) is 18.0. The van der Waals surface area contributed by atoms with Gasteiger partial charge >= 0.3 is 0 Å². The third-order valence-electron chi connectivity index (χ3n) is 6.13. The minimum atomic E-state index is 1.12. The quantitative estimate of drug-likeness (QED) is 0.566. The first-order valence-corrected chi connectivity index (χ1v) is 11.4. The van der Waals surface area contributed by atoms with Crippen molar-refractivity contribution < 1.29 is 0 Å². The average Bonchev–Trinajstić information content (AvgIpc) is 2.90. The standard InChI is InChI=1S/C24H28N2S/c1-6-14-25(15-7-1)16-8-17-26-22-11-4-2-9-19(22)20-13-18-27-23-12-5-3-10-21(23)24(20)26/h2-5,9-12H,1,6-8,13-18H2. The number of nitrogens with zero attached hydrogens (tertiary/aromatic N) is 2. The predicted molar refractivity (Wildman–Crippen MR) is 117 cm³/mol. The molecule has 0 N–H and O–H groups in total. The van der Waals surface area contributed by atoms with E-state index in [0.717, 1.165) is 13.0 Å². The van der Waals surface area contributed by atoms with Gasteiger partial charge in [-0.1, -0.05) is 42.8 Å². The van der Waals surface area contributed by atoms with Gasteiger partial charge in [-0.05, 0) is 63.0 Å². The Bertz CT molecular complexity index is 937. The van der Waals surface area contributed by atoms with Crippen LogP contribution in [-0.4, -0.2) is 34.9 Å². The predicted octanol–water partition coefficient (Wildman–Crippen LogP) is 5.83. The van der Waals surface area contributed by atoms with Gasteiger partial charge in [0.1, 0.15) is 0 Å². The van der Waals surface area contributed by atoms with E-state index in [4.69, 9.17) is 0 Å². The maximum atomic E-state index is 2.66. The van der Waals surface area contributed by atoms with Gasteiger partial charge in [0.15, 0.2) is 0 Å². The van der Waals surface area contributed by atoms with E-state index < -0.39 is 0 Å². The molecule has 3 aromatic rings. The minimum absolute atomic E-state index is 1.12. The van der Waals surface area contributed by atoms with Crippen molar-refractivity contribution in [2.75, 3.05) is 25.4 Å². The third kappa shape index (κ3) is 3.32. The van der Waals surface area contributed by atoms with Gasteiger partial charge in [0.2, 0.25) is 0 Å². The summed E-state index contributed by atoms with van der Waals surface area (Å²) in [5.74, 6) is 1.17. The van der Waals surface area contributed by atoms with Gasteiger partial charge in [-0.3, -0.25) is 0 Å². The highest BCUT2D eigenvalue weighted by Crippen LogP contribution is 2.42. The molecule has 3 heterocycles. The molecule has 1 saturated heterocycles. The van der Waals surface area contributed by atoms with Crippen molar-refractivity contribution in [3.63, 3.8) is 0 Å².